The highest BCUT2D eigenvalue weighted by molar-refractivity contribution is 5.94. The van der Waals surface area contributed by atoms with E-state index >= 15 is 0 Å². The van der Waals surface area contributed by atoms with Crippen molar-refractivity contribution in [2.24, 2.45) is 0 Å². The molecule has 0 aliphatic rings. The van der Waals surface area contributed by atoms with Gasteiger partial charge < -0.3 is 14.6 Å². The summed E-state index contributed by atoms with van der Waals surface area (Å²) in [5, 5.41) is 6.84. The average Bonchev–Trinajstić information content (AvgIpc) is 2.84. The first kappa shape index (κ1) is 16.1. The van der Waals surface area contributed by atoms with Crippen LogP contribution in [-0.2, 0) is 6.61 Å². The Morgan fingerprint density at radius 2 is 2.18 bits per heavy atom. The van der Waals surface area contributed by atoms with Gasteiger partial charge in [-0.05, 0) is 45.4 Å². The Hall–Kier alpha value is -2.30. The fourth-order valence-corrected chi connectivity index (χ4v) is 2.00. The number of benzene rings is 1. The zero-order valence-electron chi connectivity index (χ0n) is 13.5. The van der Waals surface area contributed by atoms with E-state index in [0.29, 0.717) is 17.9 Å². The number of hydrogen-bond acceptors (Lipinski definition) is 4. The number of amides is 1. The van der Waals surface area contributed by atoms with Crippen molar-refractivity contribution in [3.8, 4) is 5.75 Å². The number of nitrogens with one attached hydrogen (secondary N) is 1. The van der Waals surface area contributed by atoms with Crippen LogP contribution in [0.25, 0.3) is 0 Å². The lowest BCUT2D eigenvalue weighted by Crippen LogP contribution is -2.31. The van der Waals surface area contributed by atoms with Crippen LogP contribution in [0.5, 0.6) is 5.75 Å². The molecule has 1 amide bonds. The summed E-state index contributed by atoms with van der Waals surface area (Å²) >= 11 is 0. The van der Waals surface area contributed by atoms with E-state index < -0.39 is 0 Å². The second kappa shape index (κ2) is 7.11. The highest BCUT2D eigenvalue weighted by Crippen LogP contribution is 2.18. The van der Waals surface area contributed by atoms with Crippen LogP contribution in [0.1, 0.15) is 47.6 Å². The van der Waals surface area contributed by atoms with Gasteiger partial charge in [0.1, 0.15) is 18.1 Å². The number of carbonyl (C=O) groups is 1. The molecule has 22 heavy (non-hydrogen) atoms. The van der Waals surface area contributed by atoms with E-state index in [4.69, 9.17) is 9.26 Å². The van der Waals surface area contributed by atoms with Gasteiger partial charge in [0.15, 0.2) is 0 Å². The minimum atomic E-state index is -0.0860. The zero-order valence-corrected chi connectivity index (χ0v) is 13.5. The van der Waals surface area contributed by atoms with Crippen molar-refractivity contribution in [2.75, 3.05) is 0 Å². The second-order valence-corrected chi connectivity index (χ2v) is 5.40. The maximum atomic E-state index is 12.1. The van der Waals surface area contributed by atoms with Crippen molar-refractivity contribution in [2.45, 2.75) is 46.8 Å². The molecule has 0 spiro atoms. The molecule has 118 valence electrons. The van der Waals surface area contributed by atoms with Crippen molar-refractivity contribution in [1.82, 2.24) is 10.5 Å². The summed E-state index contributed by atoms with van der Waals surface area (Å²) in [5.41, 5.74) is 2.36. The predicted molar refractivity (Wildman–Crippen MR) is 84.0 cm³/mol. The molecule has 2 rings (SSSR count). The van der Waals surface area contributed by atoms with Gasteiger partial charge in [0.05, 0.1) is 11.3 Å². The van der Waals surface area contributed by atoms with Crippen molar-refractivity contribution in [3.63, 3.8) is 0 Å². The third-order valence-electron chi connectivity index (χ3n) is 3.65. The van der Waals surface area contributed by atoms with Crippen molar-refractivity contribution in [1.29, 1.82) is 0 Å². The lowest BCUT2D eigenvalue weighted by Gasteiger charge is -2.12. The molecule has 0 fully saturated rings. The maximum absolute atomic E-state index is 12.1. The first-order valence-electron chi connectivity index (χ1n) is 7.46. The average molecular weight is 302 g/mol. The van der Waals surface area contributed by atoms with E-state index in [-0.39, 0.29) is 11.9 Å². The summed E-state index contributed by atoms with van der Waals surface area (Å²) in [6.07, 6.45) is 0.897. The first-order valence-corrected chi connectivity index (χ1v) is 7.46. The third-order valence-corrected chi connectivity index (χ3v) is 3.65. The Labute approximate surface area is 130 Å². The van der Waals surface area contributed by atoms with Crippen molar-refractivity contribution < 1.29 is 14.1 Å². The Morgan fingerprint density at radius 3 is 2.82 bits per heavy atom. The topological polar surface area (TPSA) is 64.4 Å². The molecule has 0 radical (unpaired) electrons. The molecule has 0 aliphatic carbocycles. The normalized spacial score (nSPS) is 12.0. The molecule has 0 aliphatic heterocycles. The molecule has 1 N–H and O–H groups in total. The lowest BCUT2D eigenvalue weighted by molar-refractivity contribution is 0.0938. The number of rotatable bonds is 6. The Bertz CT molecular complexity index is 630. The van der Waals surface area contributed by atoms with Gasteiger partial charge in [0, 0.05) is 11.6 Å². The minimum absolute atomic E-state index is 0.0860. The molecule has 1 heterocycles. The van der Waals surface area contributed by atoms with Crippen LogP contribution in [0.2, 0.25) is 0 Å². The molecule has 0 bridgehead atoms. The summed E-state index contributed by atoms with van der Waals surface area (Å²) < 4.78 is 10.9. The molecule has 0 unspecified atom stereocenters. The van der Waals surface area contributed by atoms with Crippen LogP contribution in [0.3, 0.4) is 0 Å². The smallest absolute Gasteiger partial charge is 0.251 e. The van der Waals surface area contributed by atoms with Gasteiger partial charge in [-0.1, -0.05) is 18.1 Å². The molecule has 1 aromatic heterocycles. The van der Waals surface area contributed by atoms with Gasteiger partial charge in [0.25, 0.3) is 5.91 Å². The molecule has 0 saturated heterocycles. The van der Waals surface area contributed by atoms with Crippen LogP contribution in [0, 0.1) is 13.8 Å². The number of carbonyl (C=O) groups excluding carboxylic acids is 1. The molecule has 2 aromatic rings. The summed E-state index contributed by atoms with van der Waals surface area (Å²) in [5.74, 6) is 1.32. The molecular weight excluding hydrogens is 280 g/mol. The van der Waals surface area contributed by atoms with Crippen LogP contribution >= 0.6 is 0 Å². The van der Waals surface area contributed by atoms with Gasteiger partial charge in [-0.3, -0.25) is 4.79 Å². The largest absolute Gasteiger partial charge is 0.489 e. The molecule has 1 aromatic carbocycles. The zero-order chi connectivity index (χ0) is 16.1. The summed E-state index contributed by atoms with van der Waals surface area (Å²) in [6, 6.07) is 7.32. The van der Waals surface area contributed by atoms with Gasteiger partial charge >= 0.3 is 0 Å². The van der Waals surface area contributed by atoms with E-state index in [2.05, 4.69) is 10.5 Å². The summed E-state index contributed by atoms with van der Waals surface area (Å²) in [4.78, 5) is 12.1. The van der Waals surface area contributed by atoms with Gasteiger partial charge in [0.2, 0.25) is 0 Å². The van der Waals surface area contributed by atoms with Crippen LogP contribution < -0.4 is 10.1 Å². The molecule has 5 heteroatoms. The molecule has 1 atom stereocenters. The number of aryl methyl sites for hydroxylation is 2. The monoisotopic (exact) mass is 302 g/mol. The Balaban J connectivity index is 2.04. The van der Waals surface area contributed by atoms with Crippen LogP contribution in [-0.4, -0.2) is 17.1 Å². The van der Waals surface area contributed by atoms with E-state index in [1.807, 2.05) is 39.8 Å². The van der Waals surface area contributed by atoms with Gasteiger partial charge in [-0.2, -0.15) is 0 Å². The highest BCUT2D eigenvalue weighted by atomic mass is 16.5. The van der Waals surface area contributed by atoms with Crippen LogP contribution in [0.4, 0.5) is 0 Å². The van der Waals surface area contributed by atoms with Crippen molar-refractivity contribution >= 4 is 5.91 Å². The quantitative estimate of drug-likeness (QED) is 0.888. The molecular formula is C17H22N2O3. The number of nitrogens with zero attached hydrogens (tertiary/aromatic N) is 1. The summed E-state index contributed by atoms with van der Waals surface area (Å²) in [7, 11) is 0. The van der Waals surface area contributed by atoms with Crippen molar-refractivity contribution in [3.05, 3.63) is 46.8 Å². The number of ether oxygens (including phenoxy) is 1. The Morgan fingerprint density at radius 1 is 1.41 bits per heavy atom. The van der Waals surface area contributed by atoms with E-state index in [1.165, 1.54) is 0 Å². The first-order chi connectivity index (χ1) is 10.5. The third kappa shape index (κ3) is 3.87. The van der Waals surface area contributed by atoms with Gasteiger partial charge in [-0.15, -0.1) is 0 Å². The van der Waals surface area contributed by atoms with Gasteiger partial charge in [-0.25, -0.2) is 0 Å². The molecule has 0 saturated carbocycles. The van der Waals surface area contributed by atoms with E-state index in [9.17, 15) is 4.79 Å². The fourth-order valence-electron chi connectivity index (χ4n) is 2.00. The second-order valence-electron chi connectivity index (χ2n) is 5.40. The van der Waals surface area contributed by atoms with E-state index in [0.717, 1.165) is 23.4 Å². The Kier molecular flexibility index (Phi) is 5.20. The SMILES string of the molecule is CC[C@H](C)NC(=O)c1cccc(OCc2c(C)noc2C)c1. The lowest BCUT2D eigenvalue weighted by atomic mass is 10.1. The van der Waals surface area contributed by atoms with E-state index in [1.54, 1.807) is 12.1 Å². The molecule has 5 nitrogen and oxygen atoms in total. The highest BCUT2D eigenvalue weighted by Gasteiger charge is 2.12. The predicted octanol–water partition coefficient (Wildman–Crippen LogP) is 3.40. The minimum Gasteiger partial charge on any atom is -0.489 e. The fraction of sp³-hybridized carbons (Fsp3) is 0.412. The summed E-state index contributed by atoms with van der Waals surface area (Å²) in [6.45, 7) is 8.13. The number of aromatic nitrogens is 1. The standard InChI is InChI=1S/C17H22N2O3/c1-5-11(2)18-17(20)14-7-6-8-15(9-14)21-10-16-12(3)19-22-13(16)4/h6-9,11H,5,10H2,1-4H3,(H,18,20)/t11-/m0/s1. The van der Waals surface area contributed by atoms with Crippen LogP contribution in [0.15, 0.2) is 28.8 Å². The maximum Gasteiger partial charge on any atom is 0.251 e. The number of hydrogen-bond donors (Lipinski definition) is 1.